The molecule has 28 heavy (non-hydrogen) atoms. The van der Waals surface area contributed by atoms with E-state index in [0.717, 1.165) is 18.6 Å². The fraction of sp³-hybridized carbons (Fsp3) is 0.708. The van der Waals surface area contributed by atoms with Crippen LogP contribution in [0.2, 0.25) is 0 Å². The van der Waals surface area contributed by atoms with Crippen molar-refractivity contribution in [3.05, 3.63) is 29.8 Å². The summed E-state index contributed by atoms with van der Waals surface area (Å²) in [5.41, 5.74) is 1.73. The summed E-state index contributed by atoms with van der Waals surface area (Å²) in [7, 11) is 0. The maximum absolute atomic E-state index is 10.7. The summed E-state index contributed by atoms with van der Waals surface area (Å²) < 4.78 is 16.5. The molecule has 0 saturated carbocycles. The Morgan fingerprint density at radius 3 is 2.18 bits per heavy atom. The smallest absolute Gasteiger partial charge is 0.302 e. The lowest BCUT2D eigenvalue weighted by Gasteiger charge is -2.31. The number of carbonyl (C=O) groups excluding carboxylic acids is 1. The van der Waals surface area contributed by atoms with E-state index in [4.69, 9.17) is 14.2 Å². The number of carbonyl (C=O) groups is 1. The van der Waals surface area contributed by atoms with Gasteiger partial charge in [-0.05, 0) is 61.1 Å². The normalized spacial score (nSPS) is 14.0. The van der Waals surface area contributed by atoms with Crippen LogP contribution in [0.3, 0.4) is 0 Å². The van der Waals surface area contributed by atoms with E-state index in [1.54, 1.807) is 0 Å². The molecule has 0 aliphatic carbocycles. The molecule has 0 N–H and O–H groups in total. The van der Waals surface area contributed by atoms with E-state index >= 15 is 0 Å². The zero-order valence-electron chi connectivity index (χ0n) is 18.9. The van der Waals surface area contributed by atoms with E-state index < -0.39 is 0 Å². The lowest BCUT2D eigenvalue weighted by molar-refractivity contribution is -0.141. The number of ether oxygens (including phenoxy) is 3. The fourth-order valence-electron chi connectivity index (χ4n) is 3.17. The molecule has 0 bridgehead atoms. The number of benzene rings is 1. The lowest BCUT2D eigenvalue weighted by atomic mass is 9.74. The van der Waals surface area contributed by atoms with Crippen molar-refractivity contribution in [2.45, 2.75) is 86.4 Å². The highest BCUT2D eigenvalue weighted by molar-refractivity contribution is 5.65. The summed E-state index contributed by atoms with van der Waals surface area (Å²) in [6.07, 6.45) is 3.70. The van der Waals surface area contributed by atoms with Crippen LogP contribution < -0.4 is 4.74 Å². The first kappa shape index (κ1) is 24.5. The van der Waals surface area contributed by atoms with Crippen LogP contribution in [0.5, 0.6) is 5.75 Å². The SMILES string of the molecule is CCC(C)(C)CC(c1ccc(OC(C)OCCCCOC(C)=O)cc1)C(C)C. The van der Waals surface area contributed by atoms with Gasteiger partial charge < -0.3 is 14.2 Å². The molecular weight excluding hydrogens is 352 g/mol. The van der Waals surface area contributed by atoms with Gasteiger partial charge in [-0.3, -0.25) is 4.79 Å². The largest absolute Gasteiger partial charge is 0.466 e. The average molecular weight is 393 g/mol. The van der Waals surface area contributed by atoms with Crippen LogP contribution in [0.15, 0.2) is 24.3 Å². The van der Waals surface area contributed by atoms with Crippen LogP contribution in [0.25, 0.3) is 0 Å². The first-order chi connectivity index (χ1) is 13.1. The van der Waals surface area contributed by atoms with Gasteiger partial charge >= 0.3 is 5.97 Å². The third-order valence-electron chi connectivity index (χ3n) is 5.34. The number of unbranched alkanes of at least 4 members (excludes halogenated alkanes) is 1. The topological polar surface area (TPSA) is 44.8 Å². The summed E-state index contributed by atoms with van der Waals surface area (Å²) in [5.74, 6) is 1.74. The third-order valence-corrected chi connectivity index (χ3v) is 5.34. The summed E-state index contributed by atoms with van der Waals surface area (Å²) in [6, 6.07) is 8.48. The maximum atomic E-state index is 10.7. The first-order valence-corrected chi connectivity index (χ1v) is 10.7. The molecule has 0 saturated heterocycles. The predicted octanol–water partition coefficient (Wildman–Crippen LogP) is 6.34. The first-order valence-electron chi connectivity index (χ1n) is 10.7. The van der Waals surface area contributed by atoms with E-state index in [2.05, 4.69) is 46.8 Å². The Morgan fingerprint density at radius 1 is 1.04 bits per heavy atom. The summed E-state index contributed by atoms with van der Waals surface area (Å²) in [6.45, 7) is 15.9. The molecule has 0 spiro atoms. The Hall–Kier alpha value is -1.55. The zero-order valence-corrected chi connectivity index (χ0v) is 18.9. The van der Waals surface area contributed by atoms with Crippen LogP contribution in [-0.2, 0) is 14.3 Å². The monoisotopic (exact) mass is 392 g/mol. The van der Waals surface area contributed by atoms with E-state index in [0.29, 0.717) is 30.5 Å². The van der Waals surface area contributed by atoms with Crippen LogP contribution in [-0.4, -0.2) is 25.5 Å². The van der Waals surface area contributed by atoms with Gasteiger partial charge in [0.05, 0.1) is 13.2 Å². The zero-order chi connectivity index (χ0) is 21.2. The van der Waals surface area contributed by atoms with E-state index in [9.17, 15) is 4.79 Å². The second-order valence-electron chi connectivity index (χ2n) is 8.74. The van der Waals surface area contributed by atoms with Gasteiger partial charge in [0, 0.05) is 6.92 Å². The van der Waals surface area contributed by atoms with E-state index in [1.165, 1.54) is 25.3 Å². The highest BCUT2D eigenvalue weighted by Gasteiger charge is 2.25. The molecule has 2 unspecified atom stereocenters. The van der Waals surface area contributed by atoms with Crippen molar-refractivity contribution in [2.75, 3.05) is 13.2 Å². The molecule has 160 valence electrons. The van der Waals surface area contributed by atoms with Gasteiger partial charge in [0.25, 0.3) is 0 Å². The second kappa shape index (κ2) is 12.1. The van der Waals surface area contributed by atoms with Crippen molar-refractivity contribution in [1.29, 1.82) is 0 Å². The number of rotatable bonds is 13. The molecule has 0 aromatic heterocycles. The third kappa shape index (κ3) is 9.59. The Kier molecular flexibility index (Phi) is 10.6. The van der Waals surface area contributed by atoms with E-state index in [1.807, 2.05) is 19.1 Å². The molecular formula is C24H40O4. The summed E-state index contributed by atoms with van der Waals surface area (Å²) >= 11 is 0. The molecule has 0 radical (unpaired) electrons. The molecule has 0 amide bonds. The Labute approximate surface area is 172 Å². The second-order valence-corrected chi connectivity index (χ2v) is 8.74. The van der Waals surface area contributed by atoms with Gasteiger partial charge in [-0.1, -0.05) is 53.2 Å². The van der Waals surface area contributed by atoms with E-state index in [-0.39, 0.29) is 12.3 Å². The Balaban J connectivity index is 2.49. The Morgan fingerprint density at radius 2 is 1.64 bits per heavy atom. The molecule has 2 atom stereocenters. The number of hydrogen-bond acceptors (Lipinski definition) is 4. The van der Waals surface area contributed by atoms with Crippen molar-refractivity contribution >= 4 is 5.97 Å². The van der Waals surface area contributed by atoms with Crippen LogP contribution in [0, 0.1) is 11.3 Å². The van der Waals surface area contributed by atoms with Crippen molar-refractivity contribution in [3.8, 4) is 5.75 Å². The van der Waals surface area contributed by atoms with Crippen molar-refractivity contribution in [2.24, 2.45) is 11.3 Å². The van der Waals surface area contributed by atoms with Gasteiger partial charge in [-0.15, -0.1) is 0 Å². The number of hydrogen-bond donors (Lipinski definition) is 0. The molecule has 1 rings (SSSR count). The number of esters is 1. The molecule has 0 heterocycles. The molecule has 4 heteroatoms. The van der Waals surface area contributed by atoms with Gasteiger partial charge in [0.1, 0.15) is 5.75 Å². The fourth-order valence-corrected chi connectivity index (χ4v) is 3.17. The molecule has 0 aliphatic rings. The minimum absolute atomic E-state index is 0.237. The van der Waals surface area contributed by atoms with Crippen molar-refractivity contribution in [1.82, 2.24) is 0 Å². The predicted molar refractivity (Wildman–Crippen MR) is 115 cm³/mol. The molecule has 4 nitrogen and oxygen atoms in total. The summed E-state index contributed by atoms with van der Waals surface area (Å²) in [5, 5.41) is 0. The van der Waals surface area contributed by atoms with Crippen molar-refractivity contribution in [3.63, 3.8) is 0 Å². The van der Waals surface area contributed by atoms with Crippen LogP contribution in [0.4, 0.5) is 0 Å². The Bertz CT molecular complexity index is 562. The molecule has 1 aromatic rings. The van der Waals surface area contributed by atoms with Crippen molar-refractivity contribution < 1.29 is 19.0 Å². The lowest BCUT2D eigenvalue weighted by Crippen LogP contribution is -2.19. The van der Waals surface area contributed by atoms with Crippen LogP contribution >= 0.6 is 0 Å². The highest BCUT2D eigenvalue weighted by Crippen LogP contribution is 2.38. The van der Waals surface area contributed by atoms with Gasteiger partial charge in [0.15, 0.2) is 6.29 Å². The minimum atomic E-state index is -0.306. The van der Waals surface area contributed by atoms with Gasteiger partial charge in [0.2, 0.25) is 0 Å². The van der Waals surface area contributed by atoms with Crippen LogP contribution in [0.1, 0.15) is 85.6 Å². The van der Waals surface area contributed by atoms with Gasteiger partial charge in [-0.25, -0.2) is 0 Å². The highest BCUT2D eigenvalue weighted by atomic mass is 16.7. The molecule has 0 fully saturated rings. The maximum Gasteiger partial charge on any atom is 0.302 e. The quantitative estimate of drug-likeness (QED) is 0.223. The average Bonchev–Trinajstić information content (AvgIpc) is 2.63. The molecule has 0 aliphatic heterocycles. The molecule has 1 aromatic carbocycles. The minimum Gasteiger partial charge on any atom is -0.466 e. The summed E-state index contributed by atoms with van der Waals surface area (Å²) in [4.78, 5) is 10.7. The van der Waals surface area contributed by atoms with Gasteiger partial charge in [-0.2, -0.15) is 0 Å². The standard InChI is InChI=1S/C24H40O4/c1-8-24(6,7)17-23(18(2)3)21-11-13-22(14-12-21)28-20(5)27-16-10-9-15-26-19(4)25/h11-14,18,20,23H,8-10,15-17H2,1-7H3.